The summed E-state index contributed by atoms with van der Waals surface area (Å²) >= 11 is 0. The molecule has 0 saturated heterocycles. The van der Waals surface area contributed by atoms with E-state index in [1.165, 1.54) is 5.56 Å². The lowest BCUT2D eigenvalue weighted by Crippen LogP contribution is -2.28. The summed E-state index contributed by atoms with van der Waals surface area (Å²) < 4.78 is 0. The minimum absolute atomic E-state index is 0.214. The lowest BCUT2D eigenvalue weighted by atomic mass is 9.94. The van der Waals surface area contributed by atoms with E-state index in [4.69, 9.17) is 5.73 Å². The van der Waals surface area contributed by atoms with E-state index in [1.807, 2.05) is 31.2 Å². The highest BCUT2D eigenvalue weighted by Crippen LogP contribution is 2.24. The van der Waals surface area contributed by atoms with Crippen molar-refractivity contribution < 1.29 is 0 Å². The molecule has 2 aromatic rings. The maximum atomic E-state index is 5.65. The van der Waals surface area contributed by atoms with Crippen LogP contribution in [0.5, 0.6) is 0 Å². The van der Waals surface area contributed by atoms with E-state index < -0.39 is 0 Å². The lowest BCUT2D eigenvalue weighted by Gasteiger charge is -2.27. The fourth-order valence-electron chi connectivity index (χ4n) is 1.90. The summed E-state index contributed by atoms with van der Waals surface area (Å²) in [5.41, 5.74) is 7.49. The molecule has 4 heteroatoms. The van der Waals surface area contributed by atoms with Crippen molar-refractivity contribution in [1.82, 2.24) is 9.97 Å². The second-order valence-electron chi connectivity index (χ2n) is 4.87. The molecule has 3 N–H and O–H groups in total. The molecular weight excluding hydrogens is 224 g/mol. The van der Waals surface area contributed by atoms with Crippen LogP contribution in [0.4, 0.5) is 11.8 Å². The van der Waals surface area contributed by atoms with Gasteiger partial charge in [0.25, 0.3) is 0 Å². The van der Waals surface area contributed by atoms with Gasteiger partial charge in [-0.2, -0.15) is 4.98 Å². The number of nitrogens with zero attached hydrogens (tertiary/aromatic N) is 2. The Kier molecular flexibility index (Phi) is 3.19. The van der Waals surface area contributed by atoms with E-state index in [0.29, 0.717) is 5.95 Å². The SMILES string of the molecule is Cc1cc(NC(C)(C)c2ccccc2)nc(N)n1. The number of aryl methyl sites for hydroxylation is 1. The smallest absolute Gasteiger partial charge is 0.222 e. The van der Waals surface area contributed by atoms with Crippen LogP contribution in [-0.2, 0) is 5.54 Å². The van der Waals surface area contributed by atoms with Gasteiger partial charge in [-0.3, -0.25) is 0 Å². The first-order valence-electron chi connectivity index (χ1n) is 5.92. The van der Waals surface area contributed by atoms with Gasteiger partial charge in [0.15, 0.2) is 0 Å². The summed E-state index contributed by atoms with van der Waals surface area (Å²) in [6.07, 6.45) is 0. The summed E-state index contributed by atoms with van der Waals surface area (Å²) in [6.45, 7) is 6.12. The molecule has 1 aromatic carbocycles. The average Bonchev–Trinajstić information content (AvgIpc) is 2.28. The van der Waals surface area contributed by atoms with Crippen molar-refractivity contribution >= 4 is 11.8 Å². The second-order valence-corrected chi connectivity index (χ2v) is 4.87. The molecule has 1 aromatic heterocycles. The van der Waals surface area contributed by atoms with Crippen LogP contribution in [0.3, 0.4) is 0 Å². The Morgan fingerprint density at radius 1 is 1.11 bits per heavy atom. The van der Waals surface area contributed by atoms with Crippen LogP contribution in [0, 0.1) is 6.92 Å². The summed E-state index contributed by atoms with van der Waals surface area (Å²) in [6, 6.07) is 12.1. The molecule has 0 atom stereocenters. The summed E-state index contributed by atoms with van der Waals surface area (Å²) in [4.78, 5) is 8.26. The molecule has 2 rings (SSSR count). The number of hydrogen-bond acceptors (Lipinski definition) is 4. The number of benzene rings is 1. The van der Waals surface area contributed by atoms with Gasteiger partial charge in [0.1, 0.15) is 5.82 Å². The Morgan fingerprint density at radius 3 is 2.39 bits per heavy atom. The second kappa shape index (κ2) is 4.64. The quantitative estimate of drug-likeness (QED) is 0.868. The standard InChI is InChI=1S/C14H18N4/c1-10-9-12(17-13(15)16-10)18-14(2,3)11-7-5-4-6-8-11/h4-9H,1-3H3,(H3,15,16,17,18). The predicted octanol–water partition coefficient (Wildman–Crippen LogP) is 2.71. The summed E-state index contributed by atoms with van der Waals surface area (Å²) in [5.74, 6) is 1.04. The van der Waals surface area contributed by atoms with Crippen molar-refractivity contribution in [2.75, 3.05) is 11.1 Å². The molecule has 0 spiro atoms. The molecule has 18 heavy (non-hydrogen) atoms. The molecule has 0 radical (unpaired) electrons. The minimum Gasteiger partial charge on any atom is -0.368 e. The summed E-state index contributed by atoms with van der Waals surface area (Å²) in [7, 11) is 0. The molecule has 0 aliphatic rings. The maximum absolute atomic E-state index is 5.65. The van der Waals surface area contributed by atoms with Crippen LogP contribution in [0.2, 0.25) is 0 Å². The highest BCUT2D eigenvalue weighted by atomic mass is 15.1. The van der Waals surface area contributed by atoms with Gasteiger partial charge in [0.2, 0.25) is 5.95 Å². The average molecular weight is 242 g/mol. The Morgan fingerprint density at radius 2 is 1.78 bits per heavy atom. The lowest BCUT2D eigenvalue weighted by molar-refractivity contribution is 0.606. The zero-order chi connectivity index (χ0) is 13.2. The fraction of sp³-hybridized carbons (Fsp3) is 0.286. The molecule has 0 saturated carbocycles. The number of anilines is 2. The number of aromatic nitrogens is 2. The summed E-state index contributed by atoms with van der Waals surface area (Å²) in [5, 5.41) is 3.39. The van der Waals surface area contributed by atoms with Crippen molar-refractivity contribution in [3.05, 3.63) is 47.7 Å². The molecular formula is C14H18N4. The van der Waals surface area contributed by atoms with Crippen LogP contribution in [-0.4, -0.2) is 9.97 Å². The Hall–Kier alpha value is -2.10. The van der Waals surface area contributed by atoms with Crippen molar-refractivity contribution in [1.29, 1.82) is 0 Å². The molecule has 0 amide bonds. The molecule has 0 aliphatic heterocycles. The fourth-order valence-corrected chi connectivity index (χ4v) is 1.90. The molecule has 0 fully saturated rings. The van der Waals surface area contributed by atoms with Gasteiger partial charge in [-0.25, -0.2) is 4.98 Å². The number of nitrogens with one attached hydrogen (secondary N) is 1. The maximum Gasteiger partial charge on any atom is 0.222 e. The molecule has 1 heterocycles. The third-order valence-corrected chi connectivity index (χ3v) is 2.81. The molecule has 0 bridgehead atoms. The third-order valence-electron chi connectivity index (χ3n) is 2.81. The van der Waals surface area contributed by atoms with Gasteiger partial charge in [0.05, 0.1) is 5.54 Å². The molecule has 0 unspecified atom stereocenters. The van der Waals surface area contributed by atoms with Crippen LogP contribution in [0.1, 0.15) is 25.1 Å². The normalized spacial score (nSPS) is 11.3. The van der Waals surface area contributed by atoms with Gasteiger partial charge in [-0.1, -0.05) is 30.3 Å². The topological polar surface area (TPSA) is 63.8 Å². The monoisotopic (exact) mass is 242 g/mol. The van der Waals surface area contributed by atoms with E-state index in [0.717, 1.165) is 11.5 Å². The van der Waals surface area contributed by atoms with E-state index in [2.05, 4.69) is 41.3 Å². The van der Waals surface area contributed by atoms with Crippen LogP contribution in [0.25, 0.3) is 0 Å². The van der Waals surface area contributed by atoms with Crippen LogP contribution >= 0.6 is 0 Å². The van der Waals surface area contributed by atoms with Crippen LogP contribution in [0.15, 0.2) is 36.4 Å². The van der Waals surface area contributed by atoms with E-state index >= 15 is 0 Å². The van der Waals surface area contributed by atoms with Gasteiger partial charge >= 0.3 is 0 Å². The number of nitrogens with two attached hydrogens (primary N) is 1. The van der Waals surface area contributed by atoms with E-state index in [9.17, 15) is 0 Å². The Bertz CT molecular complexity index is 514. The minimum atomic E-state index is -0.214. The van der Waals surface area contributed by atoms with E-state index in [-0.39, 0.29) is 5.54 Å². The molecule has 94 valence electrons. The van der Waals surface area contributed by atoms with Crippen molar-refractivity contribution in [3.63, 3.8) is 0 Å². The van der Waals surface area contributed by atoms with Gasteiger partial charge in [0, 0.05) is 11.8 Å². The Balaban J connectivity index is 2.27. The highest BCUT2D eigenvalue weighted by molar-refractivity contribution is 5.44. The largest absolute Gasteiger partial charge is 0.368 e. The van der Waals surface area contributed by atoms with Gasteiger partial charge in [-0.15, -0.1) is 0 Å². The first-order chi connectivity index (χ1) is 8.47. The van der Waals surface area contributed by atoms with Crippen molar-refractivity contribution in [2.45, 2.75) is 26.3 Å². The third kappa shape index (κ3) is 2.77. The van der Waals surface area contributed by atoms with Crippen molar-refractivity contribution in [2.24, 2.45) is 0 Å². The first-order valence-corrected chi connectivity index (χ1v) is 5.92. The zero-order valence-corrected chi connectivity index (χ0v) is 10.9. The van der Waals surface area contributed by atoms with Crippen molar-refractivity contribution in [3.8, 4) is 0 Å². The predicted molar refractivity (Wildman–Crippen MR) is 74.3 cm³/mol. The number of hydrogen-bond donors (Lipinski definition) is 2. The van der Waals surface area contributed by atoms with Gasteiger partial charge < -0.3 is 11.1 Å². The number of rotatable bonds is 3. The zero-order valence-electron chi connectivity index (χ0n) is 10.9. The molecule has 4 nitrogen and oxygen atoms in total. The first kappa shape index (κ1) is 12.4. The van der Waals surface area contributed by atoms with Gasteiger partial charge in [-0.05, 0) is 26.3 Å². The number of nitrogen functional groups attached to an aromatic ring is 1. The Labute approximate surface area is 107 Å². The van der Waals surface area contributed by atoms with Crippen LogP contribution < -0.4 is 11.1 Å². The highest BCUT2D eigenvalue weighted by Gasteiger charge is 2.20. The molecule has 0 aliphatic carbocycles. The van der Waals surface area contributed by atoms with E-state index in [1.54, 1.807) is 0 Å².